The highest BCUT2D eigenvalue weighted by Crippen LogP contribution is 2.21. The average molecular weight is 313 g/mol. The molecule has 0 aliphatic rings. The highest BCUT2D eigenvalue weighted by molar-refractivity contribution is 5.28. The van der Waals surface area contributed by atoms with Gasteiger partial charge in [-0.25, -0.2) is 0 Å². The van der Waals surface area contributed by atoms with Crippen molar-refractivity contribution in [2.24, 2.45) is 0 Å². The van der Waals surface area contributed by atoms with Gasteiger partial charge >= 0.3 is 0 Å². The third-order valence-corrected chi connectivity index (χ3v) is 3.72. The summed E-state index contributed by atoms with van der Waals surface area (Å²) in [5.41, 5.74) is 2.23. The zero-order chi connectivity index (χ0) is 16.7. The first-order valence-electron chi connectivity index (χ1n) is 8.21. The van der Waals surface area contributed by atoms with Gasteiger partial charge in [0.05, 0.1) is 12.2 Å². The van der Waals surface area contributed by atoms with Crippen molar-refractivity contribution in [2.45, 2.75) is 39.0 Å². The van der Waals surface area contributed by atoms with E-state index >= 15 is 0 Å². The molecule has 0 aliphatic heterocycles. The summed E-state index contributed by atoms with van der Waals surface area (Å²) in [6, 6.07) is 18.1. The molecular weight excluding hydrogens is 286 g/mol. The Morgan fingerprint density at radius 1 is 1.00 bits per heavy atom. The first-order valence-corrected chi connectivity index (χ1v) is 8.21. The number of nitrogens with zero attached hydrogens (tertiary/aromatic N) is 1. The fraction of sp³-hybridized carbons (Fsp3) is 0.400. The predicted octanol–water partition coefficient (Wildman–Crippen LogP) is 4.03. The Hall–Kier alpha value is -1.84. The minimum absolute atomic E-state index is 0.164. The first-order chi connectivity index (χ1) is 11.0. The van der Waals surface area contributed by atoms with E-state index in [0.29, 0.717) is 6.42 Å². The molecule has 0 bridgehead atoms. The van der Waals surface area contributed by atoms with Crippen molar-refractivity contribution >= 4 is 0 Å². The summed E-state index contributed by atoms with van der Waals surface area (Å²) >= 11 is 0. The average Bonchev–Trinajstić information content (AvgIpc) is 2.54. The molecule has 0 fully saturated rings. The Kier molecular flexibility index (Phi) is 6.63. The Morgan fingerprint density at radius 2 is 1.65 bits per heavy atom. The molecule has 2 rings (SSSR count). The number of hydrogen-bond donors (Lipinski definition) is 1. The van der Waals surface area contributed by atoms with E-state index in [1.165, 1.54) is 5.56 Å². The lowest BCUT2D eigenvalue weighted by Gasteiger charge is -2.19. The van der Waals surface area contributed by atoms with Crippen LogP contribution in [0.25, 0.3) is 0 Å². The lowest BCUT2D eigenvalue weighted by Crippen LogP contribution is -2.20. The van der Waals surface area contributed by atoms with Crippen LogP contribution < -0.4 is 4.74 Å². The summed E-state index contributed by atoms with van der Waals surface area (Å²) in [6.07, 6.45) is 0.437. The van der Waals surface area contributed by atoms with E-state index in [2.05, 4.69) is 36.2 Å². The third-order valence-electron chi connectivity index (χ3n) is 3.72. The van der Waals surface area contributed by atoms with Gasteiger partial charge in [-0.3, -0.25) is 0 Å². The van der Waals surface area contributed by atoms with E-state index < -0.39 is 6.10 Å². The van der Waals surface area contributed by atoms with Gasteiger partial charge in [0.25, 0.3) is 0 Å². The number of rotatable bonds is 8. The second-order valence-corrected chi connectivity index (χ2v) is 6.26. The minimum Gasteiger partial charge on any atom is -0.491 e. The monoisotopic (exact) mass is 313 g/mol. The molecule has 0 heterocycles. The highest BCUT2D eigenvalue weighted by Gasteiger charge is 2.10. The van der Waals surface area contributed by atoms with Crippen LogP contribution in [0.2, 0.25) is 0 Å². The molecular formula is C20H27NO2. The Morgan fingerprint density at radius 3 is 2.26 bits per heavy atom. The Balaban J connectivity index is 1.80. The molecule has 0 aromatic heterocycles. The van der Waals surface area contributed by atoms with Crippen molar-refractivity contribution in [3.05, 3.63) is 65.7 Å². The summed E-state index contributed by atoms with van der Waals surface area (Å²) in [7, 11) is 2.08. The molecule has 0 amide bonds. The van der Waals surface area contributed by atoms with Gasteiger partial charge in [-0.15, -0.1) is 0 Å². The van der Waals surface area contributed by atoms with Gasteiger partial charge in [-0.2, -0.15) is 0 Å². The van der Waals surface area contributed by atoms with E-state index in [1.807, 2.05) is 44.2 Å². The van der Waals surface area contributed by atoms with Crippen molar-refractivity contribution in [2.75, 3.05) is 13.6 Å². The highest BCUT2D eigenvalue weighted by atomic mass is 16.5. The van der Waals surface area contributed by atoms with E-state index in [1.54, 1.807) is 0 Å². The van der Waals surface area contributed by atoms with Crippen LogP contribution in [0.4, 0.5) is 0 Å². The largest absolute Gasteiger partial charge is 0.491 e. The third kappa shape index (κ3) is 6.05. The van der Waals surface area contributed by atoms with Crippen LogP contribution in [-0.4, -0.2) is 29.7 Å². The standard InChI is InChI=1S/C20H27NO2/c1-16(2)23-19-11-9-18(10-12-19)20(22)13-14-21(3)15-17-7-5-4-6-8-17/h4-12,16,20,22H,13-15H2,1-3H3. The molecule has 0 saturated heterocycles. The van der Waals surface area contributed by atoms with Crippen molar-refractivity contribution in [1.82, 2.24) is 4.90 Å². The van der Waals surface area contributed by atoms with Crippen molar-refractivity contribution in [3.8, 4) is 5.75 Å². The number of ether oxygens (including phenoxy) is 1. The van der Waals surface area contributed by atoms with Gasteiger partial charge in [0, 0.05) is 13.1 Å². The van der Waals surface area contributed by atoms with Crippen LogP contribution in [0.5, 0.6) is 5.75 Å². The van der Waals surface area contributed by atoms with E-state index in [9.17, 15) is 5.11 Å². The van der Waals surface area contributed by atoms with Gasteiger partial charge in [0.2, 0.25) is 0 Å². The molecule has 0 spiro atoms. The summed E-state index contributed by atoms with van der Waals surface area (Å²) in [4.78, 5) is 2.23. The molecule has 23 heavy (non-hydrogen) atoms. The van der Waals surface area contributed by atoms with Crippen LogP contribution in [0.1, 0.15) is 37.5 Å². The smallest absolute Gasteiger partial charge is 0.119 e. The molecule has 1 unspecified atom stereocenters. The zero-order valence-corrected chi connectivity index (χ0v) is 14.3. The Labute approximate surface area is 139 Å². The van der Waals surface area contributed by atoms with Gasteiger partial charge in [0.1, 0.15) is 5.75 Å². The fourth-order valence-corrected chi connectivity index (χ4v) is 2.52. The quantitative estimate of drug-likeness (QED) is 0.798. The lowest BCUT2D eigenvalue weighted by molar-refractivity contribution is 0.147. The number of aliphatic hydroxyl groups is 1. The van der Waals surface area contributed by atoms with Crippen LogP contribution >= 0.6 is 0 Å². The minimum atomic E-state index is -0.443. The van der Waals surface area contributed by atoms with E-state index in [-0.39, 0.29) is 6.10 Å². The SMILES string of the molecule is CC(C)Oc1ccc(C(O)CCN(C)Cc2ccccc2)cc1. The van der Waals surface area contributed by atoms with Crippen molar-refractivity contribution < 1.29 is 9.84 Å². The van der Waals surface area contributed by atoms with Gasteiger partial charge in [-0.1, -0.05) is 42.5 Å². The second kappa shape index (κ2) is 8.70. The van der Waals surface area contributed by atoms with E-state index in [0.717, 1.165) is 24.4 Å². The van der Waals surface area contributed by atoms with Crippen LogP contribution in [0, 0.1) is 0 Å². The van der Waals surface area contributed by atoms with Crippen molar-refractivity contribution in [3.63, 3.8) is 0 Å². The normalized spacial score (nSPS) is 12.6. The second-order valence-electron chi connectivity index (χ2n) is 6.26. The molecule has 1 atom stereocenters. The number of aliphatic hydroxyl groups excluding tert-OH is 1. The molecule has 0 aliphatic carbocycles. The van der Waals surface area contributed by atoms with Gasteiger partial charge in [0.15, 0.2) is 0 Å². The topological polar surface area (TPSA) is 32.7 Å². The number of hydrogen-bond acceptors (Lipinski definition) is 3. The molecule has 3 heteroatoms. The molecule has 1 N–H and O–H groups in total. The van der Waals surface area contributed by atoms with Crippen LogP contribution in [-0.2, 0) is 6.54 Å². The van der Waals surface area contributed by atoms with Gasteiger partial charge in [-0.05, 0) is 50.6 Å². The fourth-order valence-electron chi connectivity index (χ4n) is 2.52. The van der Waals surface area contributed by atoms with Crippen LogP contribution in [0.3, 0.4) is 0 Å². The maximum absolute atomic E-state index is 10.3. The van der Waals surface area contributed by atoms with Crippen LogP contribution in [0.15, 0.2) is 54.6 Å². The molecule has 2 aromatic carbocycles. The predicted molar refractivity (Wildman–Crippen MR) is 94.6 cm³/mol. The summed E-state index contributed by atoms with van der Waals surface area (Å²) in [5.74, 6) is 0.845. The first kappa shape index (κ1) is 17.5. The molecule has 0 saturated carbocycles. The summed E-state index contributed by atoms with van der Waals surface area (Å²) in [6.45, 7) is 5.76. The summed E-state index contributed by atoms with van der Waals surface area (Å²) in [5, 5.41) is 10.3. The van der Waals surface area contributed by atoms with Gasteiger partial charge < -0.3 is 14.7 Å². The molecule has 0 radical (unpaired) electrons. The maximum Gasteiger partial charge on any atom is 0.119 e. The zero-order valence-electron chi connectivity index (χ0n) is 14.3. The lowest BCUT2D eigenvalue weighted by atomic mass is 10.1. The molecule has 3 nitrogen and oxygen atoms in total. The van der Waals surface area contributed by atoms with E-state index in [4.69, 9.17) is 4.74 Å². The molecule has 2 aromatic rings. The summed E-state index contributed by atoms with van der Waals surface area (Å²) < 4.78 is 5.62. The molecule has 124 valence electrons. The van der Waals surface area contributed by atoms with Crippen molar-refractivity contribution in [1.29, 1.82) is 0 Å². The number of benzene rings is 2. The Bertz CT molecular complexity index is 566. The maximum atomic E-state index is 10.3.